The van der Waals surface area contributed by atoms with Crippen LogP contribution in [0.2, 0.25) is 0 Å². The molecule has 0 aliphatic carbocycles. The standard InChI is InChI=1S/C41H73O8P/c1-4-7-9-11-13-15-17-19-20-21-22-24-26-28-30-32-34-36-41(43)49-39(38-48-50(44,45)47-6-3)37-46-40(42)35-33-31-29-27-25-23-18-16-14-12-10-8-5-2/h7,9,13,15,19-20,22,24,39H,4-6,8,10-12,14,16-18,21,23,25-38H2,1-3H3,(H,44,45)/b9-7-,15-13-,20-19-,24-22-. The van der Waals surface area contributed by atoms with Gasteiger partial charge in [0.05, 0.1) is 13.2 Å². The summed E-state index contributed by atoms with van der Waals surface area (Å²) in [7, 11) is -4.28. The Morgan fingerprint density at radius 2 is 1.02 bits per heavy atom. The third-order valence-electron chi connectivity index (χ3n) is 8.15. The second-order valence-electron chi connectivity index (χ2n) is 12.9. The summed E-state index contributed by atoms with van der Waals surface area (Å²) in [5.74, 6) is -0.825. The fourth-order valence-corrected chi connectivity index (χ4v) is 6.02. The summed E-state index contributed by atoms with van der Waals surface area (Å²) < 4.78 is 32.5. The van der Waals surface area contributed by atoms with Crippen molar-refractivity contribution in [3.63, 3.8) is 0 Å². The molecule has 2 unspecified atom stereocenters. The summed E-state index contributed by atoms with van der Waals surface area (Å²) in [4.78, 5) is 34.6. The van der Waals surface area contributed by atoms with Crippen molar-refractivity contribution in [2.45, 2.75) is 181 Å². The molecule has 0 aromatic rings. The van der Waals surface area contributed by atoms with Gasteiger partial charge in [-0.1, -0.05) is 152 Å². The van der Waals surface area contributed by atoms with Crippen molar-refractivity contribution in [2.75, 3.05) is 19.8 Å². The highest BCUT2D eigenvalue weighted by Crippen LogP contribution is 2.43. The zero-order valence-corrected chi connectivity index (χ0v) is 32.9. The van der Waals surface area contributed by atoms with E-state index in [0.29, 0.717) is 6.42 Å². The number of hydrogen-bond donors (Lipinski definition) is 1. The number of phosphoric acid groups is 1. The van der Waals surface area contributed by atoms with Gasteiger partial charge in [-0.15, -0.1) is 0 Å². The molecule has 0 aliphatic heterocycles. The van der Waals surface area contributed by atoms with Gasteiger partial charge in [-0.3, -0.25) is 18.6 Å². The van der Waals surface area contributed by atoms with Crippen molar-refractivity contribution in [3.8, 4) is 0 Å². The molecule has 0 bridgehead atoms. The highest BCUT2D eigenvalue weighted by molar-refractivity contribution is 7.47. The van der Waals surface area contributed by atoms with Crippen LogP contribution in [0.3, 0.4) is 0 Å². The Hall–Kier alpha value is -1.99. The molecule has 0 aliphatic rings. The first-order valence-corrected chi connectivity index (χ1v) is 21.4. The third kappa shape index (κ3) is 35.8. The molecule has 0 fully saturated rings. The molecule has 0 heterocycles. The van der Waals surface area contributed by atoms with Crippen LogP contribution >= 0.6 is 7.82 Å². The Balaban J connectivity index is 4.18. The van der Waals surface area contributed by atoms with Crippen molar-refractivity contribution in [1.29, 1.82) is 0 Å². The predicted molar refractivity (Wildman–Crippen MR) is 207 cm³/mol. The van der Waals surface area contributed by atoms with Crippen molar-refractivity contribution < 1.29 is 37.6 Å². The fraction of sp³-hybridized carbons (Fsp3) is 0.756. The van der Waals surface area contributed by atoms with E-state index < -0.39 is 26.5 Å². The molecule has 2 atom stereocenters. The van der Waals surface area contributed by atoms with Crippen molar-refractivity contribution >= 4 is 19.8 Å². The molecule has 0 saturated carbocycles. The maximum Gasteiger partial charge on any atom is 0.472 e. The highest BCUT2D eigenvalue weighted by atomic mass is 31.2. The van der Waals surface area contributed by atoms with Crippen molar-refractivity contribution in [2.24, 2.45) is 0 Å². The molecule has 9 heteroatoms. The second-order valence-corrected chi connectivity index (χ2v) is 14.4. The molecule has 0 aromatic heterocycles. The lowest BCUT2D eigenvalue weighted by Crippen LogP contribution is -2.29. The van der Waals surface area contributed by atoms with Crippen LogP contribution < -0.4 is 0 Å². The van der Waals surface area contributed by atoms with Crippen molar-refractivity contribution in [3.05, 3.63) is 48.6 Å². The van der Waals surface area contributed by atoms with Gasteiger partial charge in [-0.05, 0) is 58.3 Å². The van der Waals surface area contributed by atoms with Crippen LogP contribution in [0.25, 0.3) is 0 Å². The summed E-state index contributed by atoms with van der Waals surface area (Å²) in [5.41, 5.74) is 0. The molecule has 0 rings (SSSR count). The van der Waals surface area contributed by atoms with E-state index in [1.54, 1.807) is 6.92 Å². The van der Waals surface area contributed by atoms with E-state index in [-0.39, 0.29) is 32.0 Å². The number of ether oxygens (including phenoxy) is 2. The number of carbonyl (C=O) groups excluding carboxylic acids is 2. The van der Waals surface area contributed by atoms with Gasteiger partial charge in [0.25, 0.3) is 0 Å². The molecule has 0 spiro atoms. The van der Waals surface area contributed by atoms with Crippen LogP contribution in [-0.4, -0.2) is 42.8 Å². The van der Waals surface area contributed by atoms with Gasteiger partial charge in [0.15, 0.2) is 6.10 Å². The zero-order chi connectivity index (χ0) is 36.8. The number of allylic oxidation sites excluding steroid dienone is 8. The minimum Gasteiger partial charge on any atom is -0.462 e. The first kappa shape index (κ1) is 48.0. The molecule has 0 saturated heterocycles. The molecule has 0 amide bonds. The Morgan fingerprint density at radius 3 is 1.54 bits per heavy atom. The van der Waals surface area contributed by atoms with E-state index in [1.165, 1.54) is 64.2 Å². The molecule has 50 heavy (non-hydrogen) atoms. The summed E-state index contributed by atoms with van der Waals surface area (Å²) in [6.45, 7) is 5.32. The average Bonchev–Trinajstić information content (AvgIpc) is 3.09. The summed E-state index contributed by atoms with van der Waals surface area (Å²) in [6, 6.07) is 0. The van der Waals surface area contributed by atoms with Gasteiger partial charge in [0.2, 0.25) is 0 Å². The molecule has 1 N–H and O–H groups in total. The highest BCUT2D eigenvalue weighted by Gasteiger charge is 2.25. The number of carbonyl (C=O) groups is 2. The van der Waals surface area contributed by atoms with Gasteiger partial charge in [-0.25, -0.2) is 4.57 Å². The first-order valence-electron chi connectivity index (χ1n) is 19.9. The molecule has 290 valence electrons. The summed E-state index contributed by atoms with van der Waals surface area (Å²) >= 11 is 0. The van der Waals surface area contributed by atoms with Gasteiger partial charge in [-0.2, -0.15) is 0 Å². The Labute approximate surface area is 306 Å². The quantitative estimate of drug-likeness (QED) is 0.0294. The SMILES string of the molecule is CC/C=C\C/C=C\C/C=C\C/C=C\CCCCCCC(=O)OC(COC(=O)CCCCCCCCCCCCCCC)COP(=O)(O)OCC. The zero-order valence-electron chi connectivity index (χ0n) is 32.0. The Morgan fingerprint density at radius 1 is 0.560 bits per heavy atom. The maximum atomic E-state index is 12.5. The normalized spacial score (nSPS) is 13.9. The third-order valence-corrected chi connectivity index (χ3v) is 9.21. The van der Waals surface area contributed by atoms with Crippen LogP contribution in [-0.2, 0) is 32.7 Å². The molecule has 8 nitrogen and oxygen atoms in total. The van der Waals surface area contributed by atoms with Crippen molar-refractivity contribution in [1.82, 2.24) is 0 Å². The van der Waals surface area contributed by atoms with Gasteiger partial charge in [0.1, 0.15) is 6.61 Å². The second kappa shape index (κ2) is 36.8. The first-order chi connectivity index (χ1) is 24.3. The number of hydrogen-bond acceptors (Lipinski definition) is 7. The fourth-order valence-electron chi connectivity index (χ4n) is 5.27. The molecule has 0 aromatic carbocycles. The number of rotatable bonds is 36. The average molecular weight is 725 g/mol. The van der Waals surface area contributed by atoms with E-state index in [2.05, 4.69) is 62.5 Å². The molecular formula is C41H73O8P. The van der Waals surface area contributed by atoms with Gasteiger partial charge >= 0.3 is 19.8 Å². The lowest BCUT2D eigenvalue weighted by Gasteiger charge is -2.19. The Kier molecular flexibility index (Phi) is 35.3. The van der Waals surface area contributed by atoms with E-state index in [0.717, 1.165) is 70.6 Å². The minimum atomic E-state index is -4.28. The van der Waals surface area contributed by atoms with E-state index in [1.807, 2.05) is 0 Å². The lowest BCUT2D eigenvalue weighted by molar-refractivity contribution is -0.161. The van der Waals surface area contributed by atoms with E-state index in [9.17, 15) is 19.0 Å². The molecular weight excluding hydrogens is 651 g/mol. The lowest BCUT2D eigenvalue weighted by atomic mass is 10.0. The van der Waals surface area contributed by atoms with Crippen LogP contribution in [0.1, 0.15) is 175 Å². The number of esters is 2. The van der Waals surface area contributed by atoms with Gasteiger partial charge in [0, 0.05) is 12.8 Å². The summed E-state index contributed by atoms with van der Waals surface area (Å²) in [5, 5.41) is 0. The summed E-state index contributed by atoms with van der Waals surface area (Å²) in [6.07, 6.45) is 41.6. The maximum absolute atomic E-state index is 12.5. The van der Waals surface area contributed by atoms with E-state index >= 15 is 0 Å². The predicted octanol–water partition coefficient (Wildman–Crippen LogP) is 12.2. The van der Waals surface area contributed by atoms with E-state index in [4.69, 9.17) is 18.5 Å². The minimum absolute atomic E-state index is 0.00533. The monoisotopic (exact) mass is 725 g/mol. The Bertz CT molecular complexity index is 958. The van der Waals surface area contributed by atoms with Gasteiger partial charge < -0.3 is 14.4 Å². The van der Waals surface area contributed by atoms with Crippen LogP contribution in [0.5, 0.6) is 0 Å². The van der Waals surface area contributed by atoms with Crippen LogP contribution in [0.4, 0.5) is 0 Å². The smallest absolute Gasteiger partial charge is 0.462 e. The van der Waals surface area contributed by atoms with Crippen LogP contribution in [0, 0.1) is 0 Å². The molecule has 0 radical (unpaired) electrons. The number of phosphoric ester groups is 1. The topological polar surface area (TPSA) is 108 Å². The van der Waals surface area contributed by atoms with Crippen LogP contribution in [0.15, 0.2) is 48.6 Å². The number of unbranched alkanes of at least 4 members (excludes halogenated alkanes) is 16. The largest absolute Gasteiger partial charge is 0.472 e.